The molecule has 0 aliphatic heterocycles. The minimum absolute atomic E-state index is 0.203. The van der Waals surface area contributed by atoms with Gasteiger partial charge in [-0.2, -0.15) is 4.98 Å². The predicted octanol–water partition coefficient (Wildman–Crippen LogP) is 5.04. The maximum Gasteiger partial charge on any atom is 0.251 e. The number of oxazole rings is 1. The van der Waals surface area contributed by atoms with Crippen molar-refractivity contribution in [3.8, 4) is 22.8 Å². The lowest BCUT2D eigenvalue weighted by Crippen LogP contribution is -2.26. The number of carbonyl (C=O) groups excluding carboxylic acids is 1. The van der Waals surface area contributed by atoms with E-state index in [-0.39, 0.29) is 5.91 Å². The summed E-state index contributed by atoms with van der Waals surface area (Å²) >= 11 is 0. The van der Waals surface area contributed by atoms with E-state index in [1.807, 2.05) is 66.7 Å². The smallest absolute Gasteiger partial charge is 0.251 e. The molecule has 0 aliphatic rings. The Hall–Kier alpha value is -4.26. The fourth-order valence-corrected chi connectivity index (χ4v) is 3.23. The third-order valence-electron chi connectivity index (χ3n) is 4.86. The van der Waals surface area contributed by atoms with Crippen LogP contribution in [0.4, 0.5) is 0 Å². The zero-order valence-electron chi connectivity index (χ0n) is 16.6. The molecule has 0 spiro atoms. The largest absolute Gasteiger partial charge is 0.436 e. The third kappa shape index (κ3) is 3.81. The summed E-state index contributed by atoms with van der Waals surface area (Å²) in [5, 5.41) is 6.93. The SMILES string of the molecule is C[C@H](NC(=O)c1ccccc1)c1nc(-c2ccc3oc(-c4ccccc4)nc3c2)no1. The summed E-state index contributed by atoms with van der Waals surface area (Å²) in [6.45, 7) is 1.80. The van der Waals surface area contributed by atoms with Crippen molar-refractivity contribution >= 4 is 17.0 Å². The van der Waals surface area contributed by atoms with Crippen LogP contribution < -0.4 is 5.32 Å². The Morgan fingerprint density at radius 1 is 0.903 bits per heavy atom. The van der Waals surface area contributed by atoms with Crippen LogP contribution in [0.2, 0.25) is 0 Å². The van der Waals surface area contributed by atoms with E-state index in [9.17, 15) is 4.79 Å². The molecule has 2 heterocycles. The predicted molar refractivity (Wildman–Crippen MR) is 115 cm³/mol. The molecule has 31 heavy (non-hydrogen) atoms. The van der Waals surface area contributed by atoms with Crippen molar-refractivity contribution < 1.29 is 13.7 Å². The number of rotatable bonds is 5. The quantitative estimate of drug-likeness (QED) is 0.436. The van der Waals surface area contributed by atoms with E-state index in [0.29, 0.717) is 34.3 Å². The fourth-order valence-electron chi connectivity index (χ4n) is 3.23. The number of nitrogens with zero attached hydrogens (tertiary/aromatic N) is 3. The summed E-state index contributed by atoms with van der Waals surface area (Å²) in [6, 6.07) is 23.8. The second kappa shape index (κ2) is 7.87. The molecule has 1 amide bonds. The minimum Gasteiger partial charge on any atom is -0.436 e. The lowest BCUT2D eigenvalue weighted by molar-refractivity contribution is 0.0932. The standard InChI is InChI=1S/C24H18N4O3/c1-15(25-22(29)16-8-4-2-5-9-16)23-27-21(28-31-23)18-12-13-20-19(14-18)26-24(30-20)17-10-6-3-7-11-17/h2-15H,1H3,(H,25,29)/t15-/m0/s1. The van der Waals surface area contributed by atoms with Crippen LogP contribution in [0.25, 0.3) is 33.9 Å². The number of benzene rings is 3. The Kier molecular flexibility index (Phi) is 4.76. The maximum atomic E-state index is 12.4. The Bertz CT molecular complexity index is 1340. The Morgan fingerprint density at radius 3 is 2.42 bits per heavy atom. The van der Waals surface area contributed by atoms with E-state index in [2.05, 4.69) is 20.4 Å². The number of hydrogen-bond acceptors (Lipinski definition) is 6. The molecule has 2 aromatic heterocycles. The maximum absolute atomic E-state index is 12.4. The van der Waals surface area contributed by atoms with Crippen molar-refractivity contribution in [2.45, 2.75) is 13.0 Å². The monoisotopic (exact) mass is 410 g/mol. The van der Waals surface area contributed by atoms with Gasteiger partial charge in [-0.25, -0.2) is 4.98 Å². The molecule has 152 valence electrons. The number of fused-ring (bicyclic) bond motifs is 1. The lowest BCUT2D eigenvalue weighted by Gasteiger charge is -2.09. The van der Waals surface area contributed by atoms with Gasteiger partial charge in [0, 0.05) is 16.7 Å². The van der Waals surface area contributed by atoms with Gasteiger partial charge in [-0.3, -0.25) is 4.79 Å². The number of carbonyl (C=O) groups is 1. The van der Waals surface area contributed by atoms with Crippen LogP contribution in [0.15, 0.2) is 87.8 Å². The zero-order chi connectivity index (χ0) is 21.2. The molecule has 5 aromatic rings. The highest BCUT2D eigenvalue weighted by Crippen LogP contribution is 2.27. The number of hydrogen-bond donors (Lipinski definition) is 1. The molecule has 0 saturated carbocycles. The highest BCUT2D eigenvalue weighted by molar-refractivity contribution is 5.94. The molecule has 0 bridgehead atoms. The van der Waals surface area contributed by atoms with Gasteiger partial charge >= 0.3 is 0 Å². The molecule has 1 N–H and O–H groups in total. The summed E-state index contributed by atoms with van der Waals surface area (Å²) < 4.78 is 11.2. The normalized spacial score (nSPS) is 12.0. The van der Waals surface area contributed by atoms with Crippen LogP contribution in [0.1, 0.15) is 29.2 Å². The van der Waals surface area contributed by atoms with Gasteiger partial charge in [0.05, 0.1) is 0 Å². The van der Waals surface area contributed by atoms with E-state index in [4.69, 9.17) is 8.94 Å². The first-order chi connectivity index (χ1) is 15.2. The zero-order valence-corrected chi connectivity index (χ0v) is 16.6. The van der Waals surface area contributed by atoms with Crippen LogP contribution in [-0.4, -0.2) is 21.0 Å². The minimum atomic E-state index is -0.436. The van der Waals surface area contributed by atoms with E-state index >= 15 is 0 Å². The first kappa shape index (κ1) is 18.7. The lowest BCUT2D eigenvalue weighted by atomic mass is 10.2. The number of amides is 1. The van der Waals surface area contributed by atoms with Gasteiger partial charge in [-0.15, -0.1) is 0 Å². The molecular weight excluding hydrogens is 392 g/mol. The summed E-state index contributed by atoms with van der Waals surface area (Å²) in [5.74, 6) is 1.09. The van der Waals surface area contributed by atoms with E-state index in [0.717, 1.165) is 11.1 Å². The van der Waals surface area contributed by atoms with Crippen molar-refractivity contribution in [2.75, 3.05) is 0 Å². The third-order valence-corrected chi connectivity index (χ3v) is 4.86. The molecule has 0 unspecified atom stereocenters. The molecule has 3 aromatic carbocycles. The molecule has 7 heteroatoms. The van der Waals surface area contributed by atoms with E-state index in [1.54, 1.807) is 19.1 Å². The van der Waals surface area contributed by atoms with Gasteiger partial charge in [0.2, 0.25) is 17.6 Å². The Labute approximate surface area is 177 Å². The van der Waals surface area contributed by atoms with Gasteiger partial charge < -0.3 is 14.3 Å². The summed E-state index contributed by atoms with van der Waals surface area (Å²) in [4.78, 5) is 21.4. The van der Waals surface area contributed by atoms with Crippen LogP contribution in [0.3, 0.4) is 0 Å². The highest BCUT2D eigenvalue weighted by atomic mass is 16.5. The fraction of sp³-hybridized carbons (Fsp3) is 0.0833. The highest BCUT2D eigenvalue weighted by Gasteiger charge is 2.19. The van der Waals surface area contributed by atoms with Crippen LogP contribution in [0.5, 0.6) is 0 Å². The molecule has 1 atom stereocenters. The van der Waals surface area contributed by atoms with Crippen LogP contribution >= 0.6 is 0 Å². The number of aromatic nitrogens is 3. The van der Waals surface area contributed by atoms with Crippen molar-refractivity contribution in [1.29, 1.82) is 0 Å². The van der Waals surface area contributed by atoms with Gasteiger partial charge in [0.25, 0.3) is 5.91 Å². The molecular formula is C24H18N4O3. The van der Waals surface area contributed by atoms with Crippen molar-refractivity contribution in [3.63, 3.8) is 0 Å². The molecule has 0 fully saturated rings. The van der Waals surface area contributed by atoms with Crippen molar-refractivity contribution in [2.24, 2.45) is 0 Å². The Balaban J connectivity index is 1.37. The topological polar surface area (TPSA) is 94.1 Å². The van der Waals surface area contributed by atoms with Crippen LogP contribution in [0, 0.1) is 0 Å². The van der Waals surface area contributed by atoms with Gasteiger partial charge in [-0.1, -0.05) is 41.6 Å². The Morgan fingerprint density at radius 2 is 1.65 bits per heavy atom. The van der Waals surface area contributed by atoms with Crippen molar-refractivity contribution in [3.05, 3.63) is 90.3 Å². The molecule has 5 rings (SSSR count). The second-order valence-electron chi connectivity index (χ2n) is 7.08. The van der Waals surface area contributed by atoms with Crippen molar-refractivity contribution in [1.82, 2.24) is 20.4 Å². The van der Waals surface area contributed by atoms with E-state index in [1.165, 1.54) is 0 Å². The average molecular weight is 410 g/mol. The average Bonchev–Trinajstić information content (AvgIpc) is 3.47. The summed E-state index contributed by atoms with van der Waals surface area (Å²) in [5.41, 5.74) is 3.60. The first-order valence-corrected chi connectivity index (χ1v) is 9.83. The summed E-state index contributed by atoms with van der Waals surface area (Å²) in [6.07, 6.45) is 0. The molecule has 0 aliphatic carbocycles. The van der Waals surface area contributed by atoms with Gasteiger partial charge in [0.15, 0.2) is 5.58 Å². The van der Waals surface area contributed by atoms with Gasteiger partial charge in [-0.05, 0) is 49.4 Å². The van der Waals surface area contributed by atoms with Gasteiger partial charge in [0.1, 0.15) is 11.6 Å². The van der Waals surface area contributed by atoms with Crippen LogP contribution in [-0.2, 0) is 0 Å². The summed E-state index contributed by atoms with van der Waals surface area (Å²) in [7, 11) is 0. The molecule has 7 nitrogen and oxygen atoms in total. The molecule has 0 radical (unpaired) electrons. The second-order valence-corrected chi connectivity index (χ2v) is 7.08. The number of nitrogens with one attached hydrogen (secondary N) is 1. The van der Waals surface area contributed by atoms with E-state index < -0.39 is 6.04 Å². The first-order valence-electron chi connectivity index (χ1n) is 9.83. The molecule has 0 saturated heterocycles.